The number of hydrogen-bond acceptors (Lipinski definition) is 3. The topological polar surface area (TPSA) is 56.7 Å². The zero-order valence-corrected chi connectivity index (χ0v) is 15.3. The van der Waals surface area contributed by atoms with Crippen molar-refractivity contribution in [3.63, 3.8) is 0 Å². The number of likely N-dealkylation sites (tertiary alicyclic amines) is 1. The van der Waals surface area contributed by atoms with E-state index in [9.17, 15) is 4.79 Å². The lowest BCUT2D eigenvalue weighted by Crippen LogP contribution is -2.41. The van der Waals surface area contributed by atoms with Crippen LogP contribution in [0.1, 0.15) is 41.8 Å². The van der Waals surface area contributed by atoms with Crippen molar-refractivity contribution in [2.75, 3.05) is 33.2 Å². The molecule has 1 amide bonds. The highest BCUT2D eigenvalue weighted by atomic mass is 32.1. The van der Waals surface area contributed by atoms with Gasteiger partial charge in [-0.15, -0.1) is 11.3 Å². The summed E-state index contributed by atoms with van der Waals surface area (Å²) in [6, 6.07) is 3.76. The third kappa shape index (κ3) is 4.29. The Morgan fingerprint density at radius 3 is 2.58 bits per heavy atom. The van der Waals surface area contributed by atoms with Gasteiger partial charge in [0.25, 0.3) is 5.91 Å². The number of carbonyl (C=O) groups is 1. The second-order valence-corrected chi connectivity index (χ2v) is 7.72. The Balaban J connectivity index is 1.35. The molecule has 6 heteroatoms. The summed E-state index contributed by atoms with van der Waals surface area (Å²) in [6.45, 7) is 3.83. The van der Waals surface area contributed by atoms with Crippen molar-refractivity contribution in [2.24, 2.45) is 16.8 Å². The molecule has 0 bridgehead atoms. The number of amides is 1. The number of thiophene rings is 1. The van der Waals surface area contributed by atoms with Crippen LogP contribution in [-0.2, 0) is 0 Å². The molecule has 2 fully saturated rings. The SMILES string of the molecule is CN=C(NCCCNC(=O)c1cccs1)N1CC2CCCCC2C1. The minimum atomic E-state index is 0.0259. The Kier molecular flexibility index (Phi) is 6.12. The van der Waals surface area contributed by atoms with E-state index >= 15 is 0 Å². The number of aliphatic imine (C=N–C) groups is 1. The van der Waals surface area contributed by atoms with Gasteiger partial charge in [-0.2, -0.15) is 0 Å². The Morgan fingerprint density at radius 2 is 1.96 bits per heavy atom. The van der Waals surface area contributed by atoms with Crippen LogP contribution >= 0.6 is 11.3 Å². The molecular weight excluding hydrogens is 320 g/mol. The molecule has 2 N–H and O–H groups in total. The minimum Gasteiger partial charge on any atom is -0.356 e. The molecule has 0 radical (unpaired) electrons. The van der Waals surface area contributed by atoms with Gasteiger partial charge in [-0.25, -0.2) is 0 Å². The van der Waals surface area contributed by atoms with Crippen molar-refractivity contribution in [1.29, 1.82) is 0 Å². The number of rotatable bonds is 5. The lowest BCUT2D eigenvalue weighted by molar-refractivity contribution is 0.0957. The Labute approximate surface area is 148 Å². The Hall–Kier alpha value is -1.56. The predicted molar refractivity (Wildman–Crippen MR) is 99.7 cm³/mol. The molecule has 5 nitrogen and oxygen atoms in total. The first kappa shape index (κ1) is 17.3. The molecule has 1 aliphatic carbocycles. The lowest BCUT2D eigenvalue weighted by atomic mass is 9.82. The quantitative estimate of drug-likeness (QED) is 0.488. The molecule has 24 heavy (non-hydrogen) atoms. The largest absolute Gasteiger partial charge is 0.356 e. The summed E-state index contributed by atoms with van der Waals surface area (Å²) in [4.78, 5) is 19.5. The lowest BCUT2D eigenvalue weighted by Gasteiger charge is -2.22. The maximum atomic E-state index is 11.9. The first-order chi connectivity index (χ1) is 11.8. The summed E-state index contributed by atoms with van der Waals surface area (Å²) in [5, 5.41) is 8.35. The van der Waals surface area contributed by atoms with Gasteiger partial charge in [-0.1, -0.05) is 18.9 Å². The molecule has 2 heterocycles. The standard InChI is InChI=1S/C18H28N4OS/c1-19-18(22-12-14-6-2-3-7-15(14)13-22)21-10-5-9-20-17(23)16-8-4-11-24-16/h4,8,11,14-15H,2-3,5-7,9-10,12-13H2,1H3,(H,19,21)(H,20,23). The number of hydrogen-bond donors (Lipinski definition) is 2. The molecule has 3 rings (SSSR count). The van der Waals surface area contributed by atoms with Gasteiger partial charge in [-0.05, 0) is 42.5 Å². The molecule has 1 aromatic heterocycles. The van der Waals surface area contributed by atoms with Crippen molar-refractivity contribution in [1.82, 2.24) is 15.5 Å². The second-order valence-electron chi connectivity index (χ2n) is 6.77. The van der Waals surface area contributed by atoms with Crippen LogP contribution < -0.4 is 10.6 Å². The Morgan fingerprint density at radius 1 is 1.25 bits per heavy atom. The van der Waals surface area contributed by atoms with Crippen molar-refractivity contribution in [3.8, 4) is 0 Å². The maximum Gasteiger partial charge on any atom is 0.261 e. The van der Waals surface area contributed by atoms with E-state index in [1.165, 1.54) is 37.0 Å². The molecule has 2 atom stereocenters. The predicted octanol–water partition coefficient (Wildman–Crippen LogP) is 2.57. The van der Waals surface area contributed by atoms with E-state index in [1.807, 2.05) is 24.6 Å². The van der Waals surface area contributed by atoms with Crippen LogP contribution in [0.4, 0.5) is 0 Å². The molecule has 132 valence electrons. The molecule has 1 saturated carbocycles. The molecule has 0 aromatic carbocycles. The monoisotopic (exact) mass is 348 g/mol. The van der Waals surface area contributed by atoms with Gasteiger partial charge < -0.3 is 15.5 Å². The van der Waals surface area contributed by atoms with Crippen LogP contribution in [-0.4, -0.2) is 50.0 Å². The summed E-state index contributed by atoms with van der Waals surface area (Å²) < 4.78 is 0. The van der Waals surface area contributed by atoms with Crippen molar-refractivity contribution < 1.29 is 4.79 Å². The highest BCUT2D eigenvalue weighted by molar-refractivity contribution is 7.12. The molecule has 1 aromatic rings. The number of carbonyl (C=O) groups excluding carboxylic acids is 1. The van der Waals surface area contributed by atoms with Crippen LogP contribution in [0.5, 0.6) is 0 Å². The van der Waals surface area contributed by atoms with Gasteiger partial charge in [0.1, 0.15) is 0 Å². The van der Waals surface area contributed by atoms with Gasteiger partial charge in [0, 0.05) is 33.2 Å². The summed E-state index contributed by atoms with van der Waals surface area (Å²) in [7, 11) is 1.86. The van der Waals surface area contributed by atoms with Gasteiger partial charge in [0.05, 0.1) is 4.88 Å². The average Bonchev–Trinajstić information content (AvgIpc) is 3.27. The first-order valence-corrected chi connectivity index (χ1v) is 9.93. The Bertz CT molecular complexity index is 543. The zero-order valence-electron chi connectivity index (χ0n) is 14.5. The molecule has 2 unspecified atom stereocenters. The number of guanidine groups is 1. The van der Waals surface area contributed by atoms with Crippen molar-refractivity contribution in [2.45, 2.75) is 32.1 Å². The van der Waals surface area contributed by atoms with E-state index in [0.29, 0.717) is 6.54 Å². The third-order valence-corrected chi connectivity index (χ3v) is 6.02. The fourth-order valence-electron chi connectivity index (χ4n) is 3.90. The number of nitrogens with zero attached hydrogens (tertiary/aromatic N) is 2. The number of fused-ring (bicyclic) bond motifs is 1. The first-order valence-electron chi connectivity index (χ1n) is 9.05. The van der Waals surface area contributed by atoms with Crippen LogP contribution in [0.3, 0.4) is 0 Å². The molecule has 1 saturated heterocycles. The molecule has 2 aliphatic rings. The van der Waals surface area contributed by atoms with E-state index < -0.39 is 0 Å². The summed E-state index contributed by atoms with van der Waals surface area (Å²) in [5.41, 5.74) is 0. The fraction of sp³-hybridized carbons (Fsp3) is 0.667. The van der Waals surface area contributed by atoms with Crippen LogP contribution in [0.2, 0.25) is 0 Å². The van der Waals surface area contributed by atoms with E-state index in [0.717, 1.165) is 48.7 Å². The van der Waals surface area contributed by atoms with Gasteiger partial charge >= 0.3 is 0 Å². The van der Waals surface area contributed by atoms with Crippen LogP contribution in [0, 0.1) is 11.8 Å². The average molecular weight is 349 g/mol. The van der Waals surface area contributed by atoms with Crippen molar-refractivity contribution >= 4 is 23.2 Å². The summed E-state index contributed by atoms with van der Waals surface area (Å²) in [6.07, 6.45) is 6.45. The molecular formula is C18H28N4OS. The van der Waals surface area contributed by atoms with Gasteiger partial charge in [0.2, 0.25) is 0 Å². The van der Waals surface area contributed by atoms with Crippen LogP contribution in [0.25, 0.3) is 0 Å². The van der Waals surface area contributed by atoms with E-state index in [-0.39, 0.29) is 5.91 Å². The van der Waals surface area contributed by atoms with E-state index in [2.05, 4.69) is 20.5 Å². The zero-order chi connectivity index (χ0) is 16.8. The minimum absolute atomic E-state index is 0.0259. The normalized spacial score (nSPS) is 23.9. The fourth-order valence-corrected chi connectivity index (χ4v) is 4.54. The van der Waals surface area contributed by atoms with Crippen LogP contribution in [0.15, 0.2) is 22.5 Å². The van der Waals surface area contributed by atoms with E-state index in [1.54, 1.807) is 0 Å². The smallest absolute Gasteiger partial charge is 0.261 e. The highest BCUT2D eigenvalue weighted by Crippen LogP contribution is 2.35. The highest BCUT2D eigenvalue weighted by Gasteiger charge is 2.35. The van der Waals surface area contributed by atoms with Gasteiger partial charge in [-0.3, -0.25) is 9.79 Å². The van der Waals surface area contributed by atoms with Crippen molar-refractivity contribution in [3.05, 3.63) is 22.4 Å². The molecule has 1 aliphatic heterocycles. The maximum absolute atomic E-state index is 11.9. The summed E-state index contributed by atoms with van der Waals surface area (Å²) in [5.74, 6) is 2.77. The summed E-state index contributed by atoms with van der Waals surface area (Å²) >= 11 is 1.48. The number of nitrogens with one attached hydrogen (secondary N) is 2. The van der Waals surface area contributed by atoms with E-state index in [4.69, 9.17) is 0 Å². The second kappa shape index (κ2) is 8.51. The third-order valence-electron chi connectivity index (χ3n) is 5.15. The van der Waals surface area contributed by atoms with Gasteiger partial charge in [0.15, 0.2) is 5.96 Å². The molecule has 0 spiro atoms.